The summed E-state index contributed by atoms with van der Waals surface area (Å²) in [5, 5.41) is 5.21. The van der Waals surface area contributed by atoms with E-state index in [4.69, 9.17) is 4.74 Å². The number of ether oxygens (including phenoxy) is 1. The molecule has 286 valence electrons. The Morgan fingerprint density at radius 3 is 2.34 bits per heavy atom. The molecule has 0 saturated heterocycles. The molecular weight excluding hydrogens is 715 g/mol. The topological polar surface area (TPSA) is 12.5 Å². The van der Waals surface area contributed by atoms with Gasteiger partial charge in [-0.15, -0.1) is 0 Å². The Kier molecular flexibility index (Phi) is 7.83. The number of anilines is 2. The van der Waals surface area contributed by atoms with Crippen molar-refractivity contribution < 1.29 is 4.74 Å². The van der Waals surface area contributed by atoms with Gasteiger partial charge in [0.1, 0.15) is 11.9 Å². The molecule has 3 unspecified atom stereocenters. The van der Waals surface area contributed by atoms with Crippen molar-refractivity contribution in [3.63, 3.8) is 0 Å². The van der Waals surface area contributed by atoms with Gasteiger partial charge in [0.05, 0.1) is 0 Å². The molecule has 0 saturated carbocycles. The Hall–Kier alpha value is -6.38. The van der Waals surface area contributed by atoms with E-state index in [0.717, 1.165) is 37.9 Å². The lowest BCUT2D eigenvalue weighted by Gasteiger charge is -2.39. The first-order chi connectivity index (χ1) is 29.0. The Morgan fingerprint density at radius 2 is 1.47 bits per heavy atom. The number of benzene rings is 7. The molecule has 0 amide bonds. The van der Waals surface area contributed by atoms with Crippen LogP contribution in [-0.4, -0.2) is 12.1 Å². The van der Waals surface area contributed by atoms with Crippen molar-refractivity contribution in [3.8, 4) is 16.9 Å². The van der Waals surface area contributed by atoms with Gasteiger partial charge in [0.15, 0.2) is 0 Å². The molecule has 1 aliphatic heterocycles. The molecule has 2 heteroatoms. The molecule has 0 fully saturated rings. The first-order valence-electron chi connectivity index (χ1n) is 21.6. The van der Waals surface area contributed by atoms with Crippen LogP contribution in [0.5, 0.6) is 5.75 Å². The predicted octanol–water partition coefficient (Wildman–Crippen LogP) is 14.4. The van der Waals surface area contributed by atoms with Gasteiger partial charge >= 0.3 is 0 Å². The average Bonchev–Trinajstić information content (AvgIpc) is 3.80. The number of hydrogen-bond donors (Lipinski definition) is 0. The molecule has 1 heterocycles. The fraction of sp³-hybridized carbons (Fsp3) is 0.193. The zero-order valence-corrected chi connectivity index (χ0v) is 33.8. The number of aryl methyl sites for hydroxylation is 1. The van der Waals surface area contributed by atoms with Crippen LogP contribution in [0.4, 0.5) is 11.4 Å². The van der Waals surface area contributed by atoms with Gasteiger partial charge in [-0.1, -0.05) is 166 Å². The van der Waals surface area contributed by atoms with Crippen LogP contribution in [0.25, 0.3) is 44.3 Å². The SMILES string of the molecule is CC1(C)c2c(cccc2N(c2ccc3ccccc3c2)C2CC=C(c3ccccc3)CC2)-c2c3c(c4ccccc4c21)C1C=CC=C(C2=Cc4ccccc4CC2)C1O3. The smallest absolute Gasteiger partial charge is 0.134 e. The van der Waals surface area contributed by atoms with Gasteiger partial charge in [0.2, 0.25) is 0 Å². The first kappa shape index (κ1) is 34.6. The van der Waals surface area contributed by atoms with Crippen molar-refractivity contribution in [1.29, 1.82) is 0 Å². The van der Waals surface area contributed by atoms with E-state index in [-0.39, 0.29) is 17.4 Å². The highest BCUT2D eigenvalue weighted by Gasteiger charge is 2.48. The molecule has 2 nitrogen and oxygen atoms in total. The highest BCUT2D eigenvalue weighted by molar-refractivity contribution is 6.05. The van der Waals surface area contributed by atoms with E-state index >= 15 is 0 Å². The summed E-state index contributed by atoms with van der Waals surface area (Å²) in [6, 6.07) is 52.3. The second kappa shape index (κ2) is 13.3. The fourth-order valence-electron chi connectivity index (χ4n) is 11.5. The quantitative estimate of drug-likeness (QED) is 0.173. The van der Waals surface area contributed by atoms with Crippen molar-refractivity contribution in [2.75, 3.05) is 4.90 Å². The van der Waals surface area contributed by atoms with Gasteiger partial charge < -0.3 is 9.64 Å². The Balaban J connectivity index is 1.03. The lowest BCUT2D eigenvalue weighted by molar-refractivity contribution is 0.258. The van der Waals surface area contributed by atoms with Gasteiger partial charge in [0, 0.05) is 39.9 Å². The third-order valence-corrected chi connectivity index (χ3v) is 14.2. The summed E-state index contributed by atoms with van der Waals surface area (Å²) in [4.78, 5) is 2.71. The molecule has 5 aliphatic rings. The largest absolute Gasteiger partial charge is 0.484 e. The molecule has 59 heavy (non-hydrogen) atoms. The van der Waals surface area contributed by atoms with Crippen LogP contribution in [0, 0.1) is 0 Å². The third kappa shape index (κ3) is 5.32. The Bertz CT molecular complexity index is 2990. The van der Waals surface area contributed by atoms with Crippen LogP contribution >= 0.6 is 0 Å². The van der Waals surface area contributed by atoms with E-state index in [0.29, 0.717) is 6.04 Å². The maximum atomic E-state index is 7.49. The number of nitrogens with zero attached hydrogens (tertiary/aromatic N) is 1. The minimum Gasteiger partial charge on any atom is -0.484 e. The summed E-state index contributed by atoms with van der Waals surface area (Å²) >= 11 is 0. The van der Waals surface area contributed by atoms with Gasteiger partial charge in [-0.3, -0.25) is 0 Å². The van der Waals surface area contributed by atoms with Gasteiger partial charge in [-0.05, 0) is 122 Å². The van der Waals surface area contributed by atoms with Crippen molar-refractivity contribution in [3.05, 3.63) is 208 Å². The summed E-state index contributed by atoms with van der Waals surface area (Å²) in [5.41, 5.74) is 17.3. The highest BCUT2D eigenvalue weighted by atomic mass is 16.5. The van der Waals surface area contributed by atoms with Crippen molar-refractivity contribution >= 4 is 44.6 Å². The number of rotatable bonds is 5. The zero-order valence-electron chi connectivity index (χ0n) is 33.8. The molecule has 0 aromatic heterocycles. The van der Waals surface area contributed by atoms with E-state index in [1.807, 2.05) is 0 Å². The molecule has 0 bridgehead atoms. The summed E-state index contributed by atoms with van der Waals surface area (Å²) in [7, 11) is 0. The van der Waals surface area contributed by atoms with Gasteiger partial charge in [0.25, 0.3) is 0 Å². The molecule has 7 aromatic carbocycles. The van der Waals surface area contributed by atoms with Crippen LogP contribution in [0.3, 0.4) is 0 Å². The van der Waals surface area contributed by atoms with Crippen molar-refractivity contribution in [1.82, 2.24) is 0 Å². The summed E-state index contributed by atoms with van der Waals surface area (Å²) in [6.45, 7) is 4.93. The van der Waals surface area contributed by atoms with E-state index in [2.05, 4.69) is 189 Å². The summed E-state index contributed by atoms with van der Waals surface area (Å²) in [6.07, 6.45) is 17.1. The average molecular weight is 762 g/mol. The second-order valence-corrected chi connectivity index (χ2v) is 17.7. The van der Waals surface area contributed by atoms with Crippen LogP contribution < -0.4 is 9.64 Å². The molecule has 12 rings (SSSR count). The van der Waals surface area contributed by atoms with E-state index in [1.165, 1.54) is 94.1 Å². The molecule has 4 aliphatic carbocycles. The van der Waals surface area contributed by atoms with Gasteiger partial charge in [-0.25, -0.2) is 0 Å². The van der Waals surface area contributed by atoms with Crippen molar-refractivity contribution in [2.24, 2.45) is 0 Å². The monoisotopic (exact) mass is 761 g/mol. The maximum Gasteiger partial charge on any atom is 0.134 e. The molecule has 7 aromatic rings. The molecular formula is C57H47NO. The number of allylic oxidation sites excluding steroid dienone is 3. The highest BCUT2D eigenvalue weighted by Crippen LogP contribution is 2.63. The van der Waals surface area contributed by atoms with E-state index in [9.17, 15) is 0 Å². The first-order valence-corrected chi connectivity index (χ1v) is 21.6. The summed E-state index contributed by atoms with van der Waals surface area (Å²) < 4.78 is 7.49. The minimum atomic E-state index is -0.286. The summed E-state index contributed by atoms with van der Waals surface area (Å²) in [5.74, 6) is 1.23. The van der Waals surface area contributed by atoms with E-state index < -0.39 is 0 Å². The number of hydrogen-bond acceptors (Lipinski definition) is 2. The van der Waals surface area contributed by atoms with Crippen LogP contribution in [0.1, 0.15) is 78.8 Å². The lowest BCUT2D eigenvalue weighted by Crippen LogP contribution is -2.34. The third-order valence-electron chi connectivity index (χ3n) is 14.2. The van der Waals surface area contributed by atoms with Crippen LogP contribution in [0.2, 0.25) is 0 Å². The van der Waals surface area contributed by atoms with Gasteiger partial charge in [-0.2, -0.15) is 0 Å². The maximum absolute atomic E-state index is 7.49. The van der Waals surface area contributed by atoms with Crippen LogP contribution in [-0.2, 0) is 11.8 Å². The lowest BCUT2D eigenvalue weighted by atomic mass is 9.76. The predicted molar refractivity (Wildman–Crippen MR) is 247 cm³/mol. The Labute approximate surface area is 347 Å². The van der Waals surface area contributed by atoms with Crippen LogP contribution in [0.15, 0.2) is 175 Å². The van der Waals surface area contributed by atoms with Crippen molar-refractivity contribution in [2.45, 2.75) is 69.4 Å². The normalized spacial score (nSPS) is 20.7. The zero-order chi connectivity index (χ0) is 39.2. The molecule has 0 spiro atoms. The fourth-order valence-corrected chi connectivity index (χ4v) is 11.5. The molecule has 0 radical (unpaired) electrons. The molecule has 3 atom stereocenters. The standard InChI is InChI=1S/C57H47NO/c1-57(2)53-48(23-13-25-50(53)58(44-33-30-38-17-7-9-19-41(38)35-44)43-31-28-39(29-32-43)36-14-4-3-5-15-36)52-54(57)47-21-11-10-20-46(47)51-49-24-12-22-45(55(49)59-56(51)52)42-27-26-37-16-6-8-18-40(37)34-42/h3-25,28,30,33-35,43,49,55H,26-27,29,31-32H2,1-2H3. The Morgan fingerprint density at radius 1 is 0.678 bits per heavy atom. The second-order valence-electron chi connectivity index (χ2n) is 17.7. The van der Waals surface area contributed by atoms with E-state index in [1.54, 1.807) is 0 Å². The minimum absolute atomic E-state index is 0.0568. The number of fused-ring (bicyclic) bond motifs is 12. The molecule has 0 N–H and O–H groups in total.